The molecule has 37 heavy (non-hydrogen) atoms. The van der Waals surface area contributed by atoms with Gasteiger partial charge in [-0.25, -0.2) is 4.79 Å². The number of rotatable bonds is 8. The maximum absolute atomic E-state index is 13.0. The molecule has 4 rings (SSSR count). The molecular formula is C26H24F3N5O2S. The van der Waals surface area contributed by atoms with E-state index in [1.807, 2.05) is 60.0 Å². The normalized spacial score (nSPS) is 11.3. The number of carbonyl (C=O) groups is 1. The Bertz CT molecular complexity index is 1370. The van der Waals surface area contributed by atoms with Crippen molar-refractivity contribution in [3.8, 4) is 11.4 Å². The van der Waals surface area contributed by atoms with Crippen molar-refractivity contribution in [3.05, 3.63) is 95.3 Å². The van der Waals surface area contributed by atoms with Gasteiger partial charge in [-0.1, -0.05) is 47.7 Å². The molecule has 0 saturated heterocycles. The Morgan fingerprint density at radius 3 is 2.51 bits per heavy atom. The van der Waals surface area contributed by atoms with Crippen molar-refractivity contribution in [2.75, 3.05) is 12.4 Å². The van der Waals surface area contributed by atoms with Gasteiger partial charge >= 0.3 is 12.2 Å². The summed E-state index contributed by atoms with van der Waals surface area (Å²) >= 11 is 1.48. The van der Waals surface area contributed by atoms with E-state index in [-0.39, 0.29) is 12.2 Å². The van der Waals surface area contributed by atoms with E-state index < -0.39 is 17.8 Å². The van der Waals surface area contributed by atoms with Gasteiger partial charge in [0.15, 0.2) is 11.0 Å². The summed E-state index contributed by atoms with van der Waals surface area (Å²) in [5, 5.41) is 14.3. The van der Waals surface area contributed by atoms with E-state index in [9.17, 15) is 18.0 Å². The molecule has 2 N–H and O–H groups in total. The lowest BCUT2D eigenvalue weighted by Crippen LogP contribution is -2.29. The Morgan fingerprint density at radius 2 is 1.78 bits per heavy atom. The molecule has 0 aliphatic heterocycles. The molecule has 0 aliphatic carbocycles. The number of nitrogens with zero attached hydrogens (tertiary/aromatic N) is 3. The van der Waals surface area contributed by atoms with Crippen molar-refractivity contribution >= 4 is 23.5 Å². The maximum atomic E-state index is 13.0. The Kier molecular flexibility index (Phi) is 8.02. The van der Waals surface area contributed by atoms with Crippen LogP contribution in [-0.4, -0.2) is 27.9 Å². The lowest BCUT2D eigenvalue weighted by atomic mass is 10.2. The molecule has 4 aromatic rings. The van der Waals surface area contributed by atoms with Crippen LogP contribution in [0.2, 0.25) is 0 Å². The first-order valence-electron chi connectivity index (χ1n) is 11.2. The predicted octanol–water partition coefficient (Wildman–Crippen LogP) is 6.22. The largest absolute Gasteiger partial charge is 0.497 e. The number of thioether (sulfide) groups is 1. The van der Waals surface area contributed by atoms with E-state index in [0.717, 1.165) is 34.7 Å². The van der Waals surface area contributed by atoms with Crippen molar-refractivity contribution in [2.24, 2.45) is 0 Å². The second kappa shape index (κ2) is 11.4. The minimum absolute atomic E-state index is 0.00535. The highest BCUT2D eigenvalue weighted by atomic mass is 32.2. The number of hydrogen-bond donors (Lipinski definition) is 2. The third-order valence-electron chi connectivity index (χ3n) is 5.35. The summed E-state index contributed by atoms with van der Waals surface area (Å²) in [4.78, 5) is 12.4. The van der Waals surface area contributed by atoms with Crippen LogP contribution in [0.25, 0.3) is 5.69 Å². The molecule has 11 heteroatoms. The molecule has 0 saturated carbocycles. The quantitative estimate of drug-likeness (QED) is 0.266. The molecule has 0 fully saturated rings. The summed E-state index contributed by atoms with van der Waals surface area (Å²) in [6.07, 6.45) is -4.50. The Hall–Kier alpha value is -3.99. The fourth-order valence-corrected chi connectivity index (χ4v) is 4.39. The van der Waals surface area contributed by atoms with E-state index in [4.69, 9.17) is 4.74 Å². The predicted molar refractivity (Wildman–Crippen MR) is 136 cm³/mol. The van der Waals surface area contributed by atoms with E-state index in [1.54, 1.807) is 7.11 Å². The molecule has 0 atom stereocenters. The minimum Gasteiger partial charge on any atom is -0.497 e. The van der Waals surface area contributed by atoms with Crippen LogP contribution in [0.4, 0.5) is 23.7 Å². The van der Waals surface area contributed by atoms with Gasteiger partial charge in [0.1, 0.15) is 5.75 Å². The fourth-order valence-electron chi connectivity index (χ4n) is 3.48. The average Bonchev–Trinajstić information content (AvgIpc) is 3.29. The van der Waals surface area contributed by atoms with Crippen molar-refractivity contribution in [1.82, 2.24) is 20.1 Å². The average molecular weight is 528 g/mol. The molecular weight excluding hydrogens is 503 g/mol. The number of carbonyl (C=O) groups excluding carboxylic acids is 1. The number of amides is 2. The van der Waals surface area contributed by atoms with Crippen LogP contribution in [0.5, 0.6) is 5.75 Å². The van der Waals surface area contributed by atoms with E-state index >= 15 is 0 Å². The summed E-state index contributed by atoms with van der Waals surface area (Å²) in [6.45, 7) is 1.99. The van der Waals surface area contributed by atoms with Crippen LogP contribution in [0.15, 0.2) is 78.0 Å². The summed E-state index contributed by atoms with van der Waals surface area (Å²) in [7, 11) is 1.61. The number of aromatic nitrogens is 3. The van der Waals surface area contributed by atoms with Gasteiger partial charge in [-0.05, 0) is 55.0 Å². The van der Waals surface area contributed by atoms with Crippen LogP contribution in [-0.2, 0) is 18.5 Å². The topological polar surface area (TPSA) is 81.1 Å². The lowest BCUT2D eigenvalue weighted by molar-refractivity contribution is -0.137. The molecule has 0 bridgehead atoms. The van der Waals surface area contributed by atoms with Crippen molar-refractivity contribution in [1.29, 1.82) is 0 Å². The second-order valence-corrected chi connectivity index (χ2v) is 9.04. The van der Waals surface area contributed by atoms with E-state index in [1.165, 1.54) is 23.9 Å². The van der Waals surface area contributed by atoms with Crippen molar-refractivity contribution in [3.63, 3.8) is 0 Å². The molecule has 0 spiro atoms. The van der Waals surface area contributed by atoms with Crippen molar-refractivity contribution in [2.45, 2.75) is 30.6 Å². The van der Waals surface area contributed by atoms with Gasteiger partial charge in [0, 0.05) is 17.1 Å². The number of aryl methyl sites for hydroxylation is 1. The maximum Gasteiger partial charge on any atom is 0.416 e. The first-order valence-corrected chi connectivity index (χ1v) is 12.2. The first kappa shape index (κ1) is 26.1. The van der Waals surface area contributed by atoms with Crippen LogP contribution in [0, 0.1) is 6.92 Å². The molecule has 2 amide bonds. The number of methoxy groups -OCH3 is 1. The molecule has 7 nitrogen and oxygen atoms in total. The number of alkyl halides is 3. The molecule has 192 valence electrons. The highest BCUT2D eigenvalue weighted by Gasteiger charge is 2.30. The molecule has 0 unspecified atom stereocenters. The van der Waals surface area contributed by atoms with Crippen molar-refractivity contribution < 1.29 is 22.7 Å². The number of ether oxygens (including phenoxy) is 1. The Morgan fingerprint density at radius 1 is 1.03 bits per heavy atom. The first-order chi connectivity index (χ1) is 17.7. The third-order valence-corrected chi connectivity index (χ3v) is 6.35. The standard InChI is InChI=1S/C26H24F3N5O2S/c1-17-9-11-21(12-10-17)34-23(32-33-25(34)37-16-18-5-3-8-22(13-18)36-2)15-30-24(35)31-20-7-4-6-19(14-20)26(27,28)29/h3-14H,15-16H2,1-2H3,(H2,30,31,35). The van der Waals surface area contributed by atoms with Gasteiger partial charge in [-0.2, -0.15) is 13.2 Å². The highest BCUT2D eigenvalue weighted by Crippen LogP contribution is 2.31. The highest BCUT2D eigenvalue weighted by molar-refractivity contribution is 7.98. The van der Waals surface area contributed by atoms with Crippen LogP contribution in [0.3, 0.4) is 0 Å². The van der Waals surface area contributed by atoms with Crippen LogP contribution >= 0.6 is 11.8 Å². The number of anilines is 1. The van der Waals surface area contributed by atoms with Gasteiger partial charge in [0.2, 0.25) is 0 Å². The van der Waals surface area contributed by atoms with Gasteiger partial charge in [0.05, 0.1) is 19.2 Å². The van der Waals surface area contributed by atoms with Gasteiger partial charge in [0.25, 0.3) is 0 Å². The Labute approximate surface area is 216 Å². The smallest absolute Gasteiger partial charge is 0.416 e. The fraction of sp³-hybridized carbons (Fsp3) is 0.192. The molecule has 0 radical (unpaired) electrons. The Balaban J connectivity index is 1.50. The SMILES string of the molecule is COc1cccc(CSc2nnc(CNC(=O)Nc3cccc(C(F)(F)F)c3)n2-c2ccc(C)cc2)c1. The lowest BCUT2D eigenvalue weighted by Gasteiger charge is -2.13. The number of urea groups is 1. The summed E-state index contributed by atoms with van der Waals surface area (Å²) in [6, 6.07) is 19.3. The van der Waals surface area contributed by atoms with Gasteiger partial charge in [-0.15, -0.1) is 10.2 Å². The molecule has 1 aromatic heterocycles. The molecule has 3 aromatic carbocycles. The minimum atomic E-state index is -4.50. The molecule has 0 aliphatic rings. The number of benzene rings is 3. The zero-order valence-corrected chi connectivity index (χ0v) is 20.9. The molecule has 1 heterocycles. The summed E-state index contributed by atoms with van der Waals surface area (Å²) < 4.78 is 46.0. The van der Waals surface area contributed by atoms with Crippen LogP contribution in [0.1, 0.15) is 22.5 Å². The van der Waals surface area contributed by atoms with Gasteiger partial charge < -0.3 is 15.4 Å². The second-order valence-electron chi connectivity index (χ2n) is 8.10. The summed E-state index contributed by atoms with van der Waals surface area (Å²) in [5.74, 6) is 1.84. The van der Waals surface area contributed by atoms with Crippen LogP contribution < -0.4 is 15.4 Å². The number of hydrogen-bond acceptors (Lipinski definition) is 5. The third kappa shape index (κ3) is 6.82. The number of halogens is 3. The summed E-state index contributed by atoms with van der Waals surface area (Å²) in [5.41, 5.74) is 2.13. The zero-order chi connectivity index (χ0) is 26.4. The monoisotopic (exact) mass is 527 g/mol. The number of nitrogens with one attached hydrogen (secondary N) is 2. The zero-order valence-electron chi connectivity index (χ0n) is 20.0. The van der Waals surface area contributed by atoms with E-state index in [2.05, 4.69) is 20.8 Å². The van der Waals surface area contributed by atoms with Gasteiger partial charge in [-0.3, -0.25) is 4.57 Å². The van der Waals surface area contributed by atoms with E-state index in [0.29, 0.717) is 16.7 Å².